The minimum atomic E-state index is 0.0334. The van der Waals surface area contributed by atoms with E-state index in [4.69, 9.17) is 5.73 Å². The highest BCUT2D eigenvalue weighted by Gasteiger charge is 2.29. The summed E-state index contributed by atoms with van der Waals surface area (Å²) in [5.41, 5.74) is 10.9. The molecule has 0 heterocycles. The fourth-order valence-corrected chi connectivity index (χ4v) is 3.41. The first-order valence-corrected chi connectivity index (χ1v) is 7.87. The van der Waals surface area contributed by atoms with Gasteiger partial charge in [0, 0.05) is 5.54 Å². The monoisotopic (exact) mass is 259 g/mol. The highest BCUT2D eigenvalue weighted by molar-refractivity contribution is 5.31. The Bertz CT molecular complexity index is 424. The quantitative estimate of drug-likeness (QED) is 0.793. The molecule has 1 saturated carbocycles. The topological polar surface area (TPSA) is 26.0 Å². The molecule has 2 atom stereocenters. The van der Waals surface area contributed by atoms with Gasteiger partial charge in [-0.25, -0.2) is 0 Å². The fraction of sp³-hybridized carbons (Fsp3) is 0.667. The highest BCUT2D eigenvalue weighted by Crippen LogP contribution is 2.32. The number of aryl methyl sites for hydroxylation is 2. The number of nitrogens with two attached hydrogens (primary N) is 1. The molecule has 0 bridgehead atoms. The predicted molar refractivity (Wildman–Crippen MR) is 83.4 cm³/mol. The van der Waals surface area contributed by atoms with Crippen molar-refractivity contribution in [3.05, 3.63) is 34.9 Å². The molecular formula is C18H29N. The molecule has 0 aromatic heterocycles. The van der Waals surface area contributed by atoms with Crippen LogP contribution in [0.15, 0.2) is 18.2 Å². The fourth-order valence-electron chi connectivity index (χ4n) is 3.41. The molecular weight excluding hydrogens is 230 g/mol. The van der Waals surface area contributed by atoms with Gasteiger partial charge in [-0.3, -0.25) is 0 Å². The Morgan fingerprint density at radius 1 is 1.16 bits per heavy atom. The number of benzene rings is 1. The van der Waals surface area contributed by atoms with E-state index in [2.05, 4.69) is 39.0 Å². The summed E-state index contributed by atoms with van der Waals surface area (Å²) in [6, 6.07) is 6.82. The summed E-state index contributed by atoms with van der Waals surface area (Å²) < 4.78 is 0. The number of hydrogen-bond acceptors (Lipinski definition) is 1. The lowest BCUT2D eigenvalue weighted by molar-refractivity contribution is 0.358. The van der Waals surface area contributed by atoms with Gasteiger partial charge in [0.25, 0.3) is 0 Å². The minimum Gasteiger partial charge on any atom is -0.325 e. The molecule has 1 fully saturated rings. The van der Waals surface area contributed by atoms with E-state index < -0.39 is 0 Å². The van der Waals surface area contributed by atoms with Crippen molar-refractivity contribution in [2.75, 3.05) is 0 Å². The molecule has 0 aliphatic heterocycles. The van der Waals surface area contributed by atoms with E-state index in [0.29, 0.717) is 0 Å². The molecule has 2 rings (SSSR count). The van der Waals surface area contributed by atoms with Crippen molar-refractivity contribution in [2.45, 2.75) is 71.3 Å². The first-order chi connectivity index (χ1) is 9.02. The van der Waals surface area contributed by atoms with Gasteiger partial charge in [-0.05, 0) is 62.1 Å². The second-order valence-corrected chi connectivity index (χ2v) is 6.66. The van der Waals surface area contributed by atoms with Crippen molar-refractivity contribution < 1.29 is 0 Å². The van der Waals surface area contributed by atoms with E-state index in [9.17, 15) is 0 Å². The average molecular weight is 259 g/mol. The molecule has 0 amide bonds. The van der Waals surface area contributed by atoms with E-state index in [1.165, 1.54) is 55.2 Å². The van der Waals surface area contributed by atoms with Crippen LogP contribution in [0.3, 0.4) is 0 Å². The summed E-state index contributed by atoms with van der Waals surface area (Å²) in [5, 5.41) is 0. The first kappa shape index (κ1) is 14.6. The van der Waals surface area contributed by atoms with Gasteiger partial charge in [0.2, 0.25) is 0 Å². The van der Waals surface area contributed by atoms with Gasteiger partial charge in [-0.2, -0.15) is 0 Å². The van der Waals surface area contributed by atoms with Crippen molar-refractivity contribution >= 4 is 0 Å². The van der Waals surface area contributed by atoms with Crippen LogP contribution in [0.4, 0.5) is 0 Å². The van der Waals surface area contributed by atoms with Crippen molar-refractivity contribution in [3.8, 4) is 0 Å². The van der Waals surface area contributed by atoms with Crippen molar-refractivity contribution in [1.29, 1.82) is 0 Å². The van der Waals surface area contributed by atoms with Crippen LogP contribution in [-0.4, -0.2) is 5.54 Å². The lowest BCUT2D eigenvalue weighted by Crippen LogP contribution is -2.41. The Hall–Kier alpha value is -0.820. The highest BCUT2D eigenvalue weighted by atomic mass is 14.7. The lowest BCUT2D eigenvalue weighted by atomic mass is 9.84. The van der Waals surface area contributed by atoms with E-state index in [1.807, 2.05) is 0 Å². The van der Waals surface area contributed by atoms with E-state index in [1.54, 1.807) is 0 Å². The molecule has 106 valence electrons. The zero-order valence-corrected chi connectivity index (χ0v) is 12.8. The van der Waals surface area contributed by atoms with Gasteiger partial charge in [0.1, 0.15) is 0 Å². The van der Waals surface area contributed by atoms with Crippen LogP contribution in [0.5, 0.6) is 0 Å². The normalized spacial score (nSPS) is 28.1. The van der Waals surface area contributed by atoms with E-state index in [0.717, 1.165) is 12.3 Å². The van der Waals surface area contributed by atoms with Crippen LogP contribution in [0.2, 0.25) is 0 Å². The summed E-state index contributed by atoms with van der Waals surface area (Å²) in [6.45, 7) is 6.69. The molecule has 19 heavy (non-hydrogen) atoms. The van der Waals surface area contributed by atoms with Gasteiger partial charge in [0.05, 0.1) is 0 Å². The molecule has 1 nitrogen and oxygen atoms in total. The van der Waals surface area contributed by atoms with Gasteiger partial charge >= 0.3 is 0 Å². The maximum Gasteiger partial charge on any atom is 0.0195 e. The van der Waals surface area contributed by atoms with Gasteiger partial charge < -0.3 is 5.73 Å². The average Bonchev–Trinajstić information content (AvgIpc) is 2.56. The third-order valence-electron chi connectivity index (χ3n) is 5.04. The molecule has 0 saturated heterocycles. The summed E-state index contributed by atoms with van der Waals surface area (Å²) >= 11 is 0. The standard InChI is InChI=1S/C18H29N/c1-4-16-6-5-10-18(19,11-9-16)13-17-8-7-14(2)15(3)12-17/h7-8,12,16H,4-6,9-11,13,19H2,1-3H3. The molecule has 1 aliphatic carbocycles. The Labute approximate surface area is 118 Å². The second kappa shape index (κ2) is 6.09. The summed E-state index contributed by atoms with van der Waals surface area (Å²) in [4.78, 5) is 0. The zero-order valence-electron chi connectivity index (χ0n) is 12.8. The number of rotatable bonds is 3. The largest absolute Gasteiger partial charge is 0.325 e. The molecule has 0 spiro atoms. The van der Waals surface area contributed by atoms with Crippen molar-refractivity contribution in [3.63, 3.8) is 0 Å². The van der Waals surface area contributed by atoms with Crippen molar-refractivity contribution in [1.82, 2.24) is 0 Å². The van der Waals surface area contributed by atoms with Gasteiger partial charge in [0.15, 0.2) is 0 Å². The lowest BCUT2D eigenvalue weighted by Gasteiger charge is -2.28. The maximum absolute atomic E-state index is 6.70. The maximum atomic E-state index is 6.70. The van der Waals surface area contributed by atoms with Crippen LogP contribution in [-0.2, 0) is 6.42 Å². The number of hydrogen-bond donors (Lipinski definition) is 1. The molecule has 1 aliphatic rings. The molecule has 1 heteroatoms. The van der Waals surface area contributed by atoms with Crippen LogP contribution < -0.4 is 5.73 Å². The van der Waals surface area contributed by atoms with Crippen LogP contribution >= 0.6 is 0 Å². The van der Waals surface area contributed by atoms with Crippen molar-refractivity contribution in [2.24, 2.45) is 11.7 Å². The van der Waals surface area contributed by atoms with E-state index >= 15 is 0 Å². The van der Waals surface area contributed by atoms with Crippen LogP contribution in [0.25, 0.3) is 0 Å². The predicted octanol–water partition coefficient (Wildman–Crippen LogP) is 4.53. The van der Waals surface area contributed by atoms with Gasteiger partial charge in [-0.1, -0.05) is 44.4 Å². The molecule has 1 aromatic rings. The third kappa shape index (κ3) is 3.82. The van der Waals surface area contributed by atoms with Crippen LogP contribution in [0.1, 0.15) is 62.1 Å². The minimum absolute atomic E-state index is 0.0334. The van der Waals surface area contributed by atoms with Gasteiger partial charge in [-0.15, -0.1) is 0 Å². The van der Waals surface area contributed by atoms with Crippen LogP contribution in [0, 0.1) is 19.8 Å². The SMILES string of the molecule is CCC1CCCC(N)(Cc2ccc(C)c(C)c2)CC1. The summed E-state index contributed by atoms with van der Waals surface area (Å²) in [6.07, 6.45) is 8.75. The molecule has 1 aromatic carbocycles. The second-order valence-electron chi connectivity index (χ2n) is 6.66. The molecule has 0 radical (unpaired) electrons. The Morgan fingerprint density at radius 3 is 2.63 bits per heavy atom. The molecule has 2 N–H and O–H groups in total. The smallest absolute Gasteiger partial charge is 0.0195 e. The molecule has 2 unspecified atom stereocenters. The Kier molecular flexibility index (Phi) is 4.67. The van der Waals surface area contributed by atoms with E-state index in [-0.39, 0.29) is 5.54 Å². The Balaban J connectivity index is 2.05. The zero-order chi connectivity index (χ0) is 13.9. The summed E-state index contributed by atoms with van der Waals surface area (Å²) in [7, 11) is 0. The third-order valence-corrected chi connectivity index (χ3v) is 5.04. The first-order valence-electron chi connectivity index (χ1n) is 7.87. The summed E-state index contributed by atoms with van der Waals surface area (Å²) in [5.74, 6) is 0.908. The Morgan fingerprint density at radius 2 is 1.95 bits per heavy atom.